The van der Waals surface area contributed by atoms with Gasteiger partial charge in [-0.3, -0.25) is 9.59 Å². The van der Waals surface area contributed by atoms with E-state index < -0.39 is 5.97 Å². The van der Waals surface area contributed by atoms with E-state index in [9.17, 15) is 14.4 Å². The number of hydrogen-bond acceptors (Lipinski definition) is 6. The van der Waals surface area contributed by atoms with Crippen LogP contribution in [0.2, 0.25) is 0 Å². The fraction of sp³-hybridized carbons (Fsp3) is 0.115. The van der Waals surface area contributed by atoms with Crippen LogP contribution in [0.15, 0.2) is 78.9 Å². The van der Waals surface area contributed by atoms with Crippen LogP contribution in [0.25, 0.3) is 0 Å². The maximum atomic E-state index is 13.1. The fourth-order valence-electron chi connectivity index (χ4n) is 3.37. The average Bonchev–Trinajstić information content (AvgIpc) is 2.80. The Bertz CT molecular complexity index is 1240. The van der Waals surface area contributed by atoms with Crippen molar-refractivity contribution in [3.05, 3.63) is 101 Å². The van der Waals surface area contributed by atoms with Crippen molar-refractivity contribution in [2.45, 2.75) is 6.92 Å². The Morgan fingerprint density at radius 1 is 0.812 bits per heavy atom. The molecule has 6 nitrogen and oxygen atoms in total. The molecular formula is C26H20O6. The molecule has 0 aliphatic heterocycles. The first kappa shape index (κ1) is 21.1. The van der Waals surface area contributed by atoms with Gasteiger partial charge in [-0.15, -0.1) is 0 Å². The summed E-state index contributed by atoms with van der Waals surface area (Å²) >= 11 is 0. The lowest BCUT2D eigenvalue weighted by molar-refractivity contribution is -0.139. The summed E-state index contributed by atoms with van der Waals surface area (Å²) in [6.07, 6.45) is 0. The monoisotopic (exact) mass is 428 g/mol. The van der Waals surface area contributed by atoms with E-state index in [2.05, 4.69) is 6.58 Å². The summed E-state index contributed by atoms with van der Waals surface area (Å²) in [5.41, 5.74) is 1.64. The van der Waals surface area contributed by atoms with Crippen LogP contribution < -0.4 is 9.47 Å². The molecule has 1 aliphatic carbocycles. The number of rotatable bonds is 7. The molecule has 4 rings (SSSR count). The van der Waals surface area contributed by atoms with Gasteiger partial charge in [0.25, 0.3) is 0 Å². The molecule has 6 heteroatoms. The zero-order valence-corrected chi connectivity index (χ0v) is 17.4. The van der Waals surface area contributed by atoms with E-state index in [0.29, 0.717) is 39.5 Å². The van der Waals surface area contributed by atoms with E-state index >= 15 is 0 Å². The van der Waals surface area contributed by atoms with Gasteiger partial charge in [-0.05, 0) is 25.1 Å². The minimum atomic E-state index is -0.472. The van der Waals surface area contributed by atoms with Crippen LogP contribution in [0, 0.1) is 0 Å². The zero-order chi connectivity index (χ0) is 22.7. The number of benzene rings is 3. The summed E-state index contributed by atoms with van der Waals surface area (Å²) in [6.45, 7) is 5.33. The molecule has 1 aliphatic rings. The molecular weight excluding hydrogens is 408 g/mol. The molecule has 0 radical (unpaired) electrons. The van der Waals surface area contributed by atoms with Crippen molar-refractivity contribution in [2.75, 3.05) is 13.2 Å². The standard InChI is InChI=1S/C26H20O6/c1-16(2)26(29)31-14-13-30-17-7-5-8-18(15-17)32-22-12-6-11-21-23(22)25(28)20-10-4-3-9-19(20)24(21)27/h3-12,15H,1,13-14H2,2H3. The Balaban J connectivity index is 1.52. The SMILES string of the molecule is C=C(C)C(=O)OCCOc1cccc(Oc2cccc3c2C(=O)c2ccccc2C3=O)c1. The highest BCUT2D eigenvalue weighted by Crippen LogP contribution is 2.35. The first-order valence-corrected chi connectivity index (χ1v) is 10.0. The van der Waals surface area contributed by atoms with Crippen LogP contribution in [-0.2, 0) is 9.53 Å². The van der Waals surface area contributed by atoms with Crippen molar-refractivity contribution >= 4 is 17.5 Å². The van der Waals surface area contributed by atoms with Crippen molar-refractivity contribution in [3.63, 3.8) is 0 Å². The third-order valence-corrected chi connectivity index (χ3v) is 4.88. The van der Waals surface area contributed by atoms with E-state index in [1.54, 1.807) is 73.7 Å². The third kappa shape index (κ3) is 4.16. The molecule has 32 heavy (non-hydrogen) atoms. The van der Waals surface area contributed by atoms with Gasteiger partial charge in [0.05, 0.1) is 5.56 Å². The van der Waals surface area contributed by atoms with Crippen molar-refractivity contribution in [3.8, 4) is 17.2 Å². The van der Waals surface area contributed by atoms with Crippen LogP contribution >= 0.6 is 0 Å². The molecule has 0 fully saturated rings. The number of ketones is 2. The van der Waals surface area contributed by atoms with E-state index in [1.807, 2.05) is 0 Å². The number of carbonyl (C=O) groups is 3. The molecule has 0 spiro atoms. The maximum absolute atomic E-state index is 13.1. The minimum Gasteiger partial charge on any atom is -0.490 e. The van der Waals surface area contributed by atoms with Gasteiger partial charge in [-0.25, -0.2) is 4.79 Å². The summed E-state index contributed by atoms with van der Waals surface area (Å²) in [6, 6.07) is 18.6. The van der Waals surface area contributed by atoms with E-state index in [-0.39, 0.29) is 30.3 Å². The summed E-state index contributed by atoms with van der Waals surface area (Å²) in [7, 11) is 0. The van der Waals surface area contributed by atoms with Crippen molar-refractivity contribution in [1.82, 2.24) is 0 Å². The Morgan fingerprint density at radius 2 is 1.47 bits per heavy atom. The van der Waals surface area contributed by atoms with E-state index in [0.717, 1.165) is 0 Å². The molecule has 0 amide bonds. The van der Waals surface area contributed by atoms with Gasteiger partial charge in [-0.1, -0.05) is 49.0 Å². The number of carbonyl (C=O) groups excluding carboxylic acids is 3. The molecule has 0 heterocycles. The van der Waals surface area contributed by atoms with Crippen LogP contribution in [-0.4, -0.2) is 30.7 Å². The lowest BCUT2D eigenvalue weighted by Gasteiger charge is -2.20. The number of fused-ring (bicyclic) bond motifs is 2. The van der Waals surface area contributed by atoms with Crippen LogP contribution in [0.3, 0.4) is 0 Å². The van der Waals surface area contributed by atoms with Crippen molar-refractivity contribution in [2.24, 2.45) is 0 Å². The first-order chi connectivity index (χ1) is 15.5. The number of hydrogen-bond donors (Lipinski definition) is 0. The van der Waals surface area contributed by atoms with Gasteiger partial charge < -0.3 is 14.2 Å². The molecule has 0 unspecified atom stereocenters. The van der Waals surface area contributed by atoms with Gasteiger partial charge in [-0.2, -0.15) is 0 Å². The largest absolute Gasteiger partial charge is 0.490 e. The molecule has 0 atom stereocenters. The molecule has 0 saturated carbocycles. The Labute approximate surface area is 185 Å². The Hall–Kier alpha value is -4.19. The molecule has 0 bridgehead atoms. The van der Waals surface area contributed by atoms with Crippen molar-refractivity contribution < 1.29 is 28.6 Å². The minimum absolute atomic E-state index is 0.0823. The van der Waals surface area contributed by atoms with Crippen molar-refractivity contribution in [1.29, 1.82) is 0 Å². The average molecular weight is 428 g/mol. The van der Waals surface area contributed by atoms with Gasteiger partial charge >= 0.3 is 5.97 Å². The van der Waals surface area contributed by atoms with Gasteiger partial charge in [0.2, 0.25) is 0 Å². The summed E-state index contributed by atoms with van der Waals surface area (Å²) in [5.74, 6) is 0.308. The van der Waals surface area contributed by atoms with Crippen LogP contribution in [0.5, 0.6) is 17.2 Å². The molecule has 0 N–H and O–H groups in total. The summed E-state index contributed by atoms with van der Waals surface area (Å²) < 4.78 is 16.6. The molecule has 3 aromatic rings. The lowest BCUT2D eigenvalue weighted by Crippen LogP contribution is -2.21. The summed E-state index contributed by atoms with van der Waals surface area (Å²) in [5, 5.41) is 0. The van der Waals surface area contributed by atoms with Crippen LogP contribution in [0.1, 0.15) is 38.8 Å². The fourth-order valence-corrected chi connectivity index (χ4v) is 3.37. The molecule has 160 valence electrons. The highest BCUT2D eigenvalue weighted by molar-refractivity contribution is 6.29. The quantitative estimate of drug-likeness (QED) is 0.240. The predicted molar refractivity (Wildman–Crippen MR) is 118 cm³/mol. The maximum Gasteiger partial charge on any atom is 0.333 e. The lowest BCUT2D eigenvalue weighted by atomic mass is 9.83. The summed E-state index contributed by atoms with van der Waals surface area (Å²) in [4.78, 5) is 37.4. The predicted octanol–water partition coefficient (Wildman–Crippen LogP) is 4.75. The number of ether oxygens (including phenoxy) is 3. The number of esters is 1. The molecule has 0 aromatic heterocycles. The van der Waals surface area contributed by atoms with E-state index in [4.69, 9.17) is 14.2 Å². The second-order valence-corrected chi connectivity index (χ2v) is 7.22. The second-order valence-electron chi connectivity index (χ2n) is 7.22. The van der Waals surface area contributed by atoms with E-state index in [1.165, 1.54) is 0 Å². The van der Waals surface area contributed by atoms with Crippen LogP contribution in [0.4, 0.5) is 0 Å². The highest BCUT2D eigenvalue weighted by atomic mass is 16.6. The smallest absolute Gasteiger partial charge is 0.333 e. The first-order valence-electron chi connectivity index (χ1n) is 10.0. The third-order valence-electron chi connectivity index (χ3n) is 4.88. The van der Waals surface area contributed by atoms with Gasteiger partial charge in [0.1, 0.15) is 30.5 Å². The Kier molecular flexibility index (Phi) is 5.85. The van der Waals surface area contributed by atoms with Gasteiger partial charge in [0.15, 0.2) is 11.6 Å². The van der Waals surface area contributed by atoms with Gasteiger partial charge in [0, 0.05) is 28.3 Å². The second kappa shape index (κ2) is 8.89. The molecule has 3 aromatic carbocycles. The highest BCUT2D eigenvalue weighted by Gasteiger charge is 2.32. The zero-order valence-electron chi connectivity index (χ0n) is 17.4. The molecule has 0 saturated heterocycles. The Morgan fingerprint density at radius 3 is 2.22 bits per heavy atom. The topological polar surface area (TPSA) is 78.9 Å². The normalized spacial score (nSPS) is 11.9.